The highest BCUT2D eigenvalue weighted by molar-refractivity contribution is 7.17. The molecule has 1 aliphatic carbocycles. The van der Waals surface area contributed by atoms with Crippen LogP contribution in [0.4, 0.5) is 5.13 Å². The predicted octanol–water partition coefficient (Wildman–Crippen LogP) is 2.94. The van der Waals surface area contributed by atoms with Crippen molar-refractivity contribution in [2.45, 2.75) is 44.9 Å². The third-order valence-electron chi connectivity index (χ3n) is 3.42. The molecule has 0 saturated heterocycles. The lowest BCUT2D eigenvalue weighted by molar-refractivity contribution is 0.0700. The minimum atomic E-state index is -0.905. The molecule has 1 fully saturated rings. The number of hydrogen-bond acceptors (Lipinski definition) is 4. The second-order valence-electron chi connectivity index (χ2n) is 4.68. The summed E-state index contributed by atoms with van der Waals surface area (Å²) in [4.78, 5) is 15.5. The Morgan fingerprint density at radius 3 is 2.76 bits per heavy atom. The molecule has 0 atom stereocenters. The molecule has 94 valence electrons. The van der Waals surface area contributed by atoms with Crippen molar-refractivity contribution in [3.8, 4) is 0 Å². The van der Waals surface area contributed by atoms with Gasteiger partial charge >= 0.3 is 5.97 Å². The number of carbonyl (C=O) groups is 1. The largest absolute Gasteiger partial charge is 0.477 e. The number of nitrogens with two attached hydrogens (primary N) is 1. The number of nitrogens with zero attached hydrogens (tertiary/aromatic N) is 1. The summed E-state index contributed by atoms with van der Waals surface area (Å²) in [6.07, 6.45) is 8.33. The molecular weight excluding hydrogens is 236 g/mol. The quantitative estimate of drug-likeness (QED) is 0.866. The monoisotopic (exact) mass is 254 g/mol. The van der Waals surface area contributed by atoms with Gasteiger partial charge in [0, 0.05) is 0 Å². The van der Waals surface area contributed by atoms with Crippen LogP contribution in [0.3, 0.4) is 0 Å². The van der Waals surface area contributed by atoms with Gasteiger partial charge in [-0.2, -0.15) is 0 Å². The molecule has 17 heavy (non-hydrogen) atoms. The standard InChI is InChI=1S/C12H18N2O2S/c13-12-14-9(10(17-12)11(15)16)7-6-8-4-2-1-3-5-8/h8H,1-7H2,(H2,13,14)(H,15,16). The molecular formula is C12H18N2O2S. The topological polar surface area (TPSA) is 76.2 Å². The number of hydrogen-bond donors (Lipinski definition) is 2. The van der Waals surface area contributed by atoms with Crippen LogP contribution in [0.5, 0.6) is 0 Å². The fourth-order valence-electron chi connectivity index (χ4n) is 2.52. The molecule has 3 N–H and O–H groups in total. The van der Waals surface area contributed by atoms with Crippen molar-refractivity contribution in [1.29, 1.82) is 0 Å². The van der Waals surface area contributed by atoms with E-state index in [1.165, 1.54) is 32.1 Å². The number of aromatic carboxylic acids is 1. The van der Waals surface area contributed by atoms with E-state index in [2.05, 4.69) is 4.98 Å². The molecule has 0 aromatic carbocycles. The fourth-order valence-corrected chi connectivity index (χ4v) is 3.24. The van der Waals surface area contributed by atoms with E-state index >= 15 is 0 Å². The van der Waals surface area contributed by atoms with Crippen LogP contribution in [0.15, 0.2) is 0 Å². The summed E-state index contributed by atoms with van der Waals surface area (Å²) in [6.45, 7) is 0. The number of nitrogen functional groups attached to an aromatic ring is 1. The average molecular weight is 254 g/mol. The molecule has 1 aromatic heterocycles. The van der Waals surface area contributed by atoms with Crippen molar-refractivity contribution >= 4 is 22.4 Å². The van der Waals surface area contributed by atoms with Crippen LogP contribution < -0.4 is 5.73 Å². The molecule has 0 bridgehead atoms. The maximum Gasteiger partial charge on any atom is 0.347 e. The van der Waals surface area contributed by atoms with Gasteiger partial charge in [-0.05, 0) is 18.8 Å². The van der Waals surface area contributed by atoms with Crippen molar-refractivity contribution in [3.63, 3.8) is 0 Å². The van der Waals surface area contributed by atoms with Crippen LogP contribution in [-0.2, 0) is 6.42 Å². The minimum Gasteiger partial charge on any atom is -0.477 e. The molecule has 1 aromatic rings. The van der Waals surface area contributed by atoms with E-state index in [1.807, 2.05) is 0 Å². The highest BCUT2D eigenvalue weighted by Gasteiger charge is 2.19. The molecule has 0 unspecified atom stereocenters. The Bertz CT molecular complexity index is 397. The van der Waals surface area contributed by atoms with Crippen LogP contribution in [0.1, 0.15) is 53.9 Å². The van der Waals surface area contributed by atoms with Crippen molar-refractivity contribution in [2.75, 3.05) is 5.73 Å². The number of anilines is 1. The van der Waals surface area contributed by atoms with Crippen LogP contribution in [0.25, 0.3) is 0 Å². The van der Waals surface area contributed by atoms with Gasteiger partial charge in [0.15, 0.2) is 5.13 Å². The summed E-state index contributed by atoms with van der Waals surface area (Å²) in [5.74, 6) is -0.161. The van der Waals surface area contributed by atoms with E-state index < -0.39 is 5.97 Å². The van der Waals surface area contributed by atoms with Gasteiger partial charge in [-0.3, -0.25) is 0 Å². The maximum atomic E-state index is 11.0. The molecule has 5 heteroatoms. The van der Waals surface area contributed by atoms with E-state index in [4.69, 9.17) is 10.8 Å². The lowest BCUT2D eigenvalue weighted by Crippen LogP contribution is -2.08. The van der Waals surface area contributed by atoms with E-state index in [1.54, 1.807) is 0 Å². The van der Waals surface area contributed by atoms with E-state index in [9.17, 15) is 4.79 Å². The Kier molecular flexibility index (Phi) is 3.99. The van der Waals surface area contributed by atoms with Gasteiger partial charge < -0.3 is 10.8 Å². The molecule has 0 aliphatic heterocycles. The predicted molar refractivity (Wildman–Crippen MR) is 68.4 cm³/mol. The number of thiazole rings is 1. The van der Waals surface area contributed by atoms with Gasteiger partial charge in [0.25, 0.3) is 0 Å². The lowest BCUT2D eigenvalue weighted by Gasteiger charge is -2.20. The average Bonchev–Trinajstić information content (AvgIpc) is 2.69. The lowest BCUT2D eigenvalue weighted by atomic mass is 9.86. The third kappa shape index (κ3) is 3.19. The summed E-state index contributed by atoms with van der Waals surface area (Å²) in [7, 11) is 0. The van der Waals surface area contributed by atoms with Crippen molar-refractivity contribution < 1.29 is 9.90 Å². The zero-order chi connectivity index (χ0) is 12.3. The van der Waals surface area contributed by atoms with Crippen molar-refractivity contribution in [2.24, 2.45) is 5.92 Å². The number of rotatable bonds is 4. The van der Waals surface area contributed by atoms with Gasteiger partial charge in [-0.15, -0.1) is 0 Å². The third-order valence-corrected chi connectivity index (χ3v) is 4.34. The summed E-state index contributed by atoms with van der Waals surface area (Å²) >= 11 is 1.08. The molecule has 0 radical (unpaired) electrons. The first kappa shape index (κ1) is 12.4. The number of carboxylic acid groups (broad SMARTS) is 1. The highest BCUT2D eigenvalue weighted by Crippen LogP contribution is 2.29. The zero-order valence-corrected chi connectivity index (χ0v) is 10.6. The maximum absolute atomic E-state index is 11.0. The normalized spacial score (nSPS) is 17.2. The second kappa shape index (κ2) is 5.49. The first-order valence-electron chi connectivity index (χ1n) is 6.15. The first-order chi connectivity index (χ1) is 8.16. The molecule has 1 saturated carbocycles. The SMILES string of the molecule is Nc1nc(CCC2CCCCC2)c(C(=O)O)s1. The Balaban J connectivity index is 1.95. The zero-order valence-electron chi connectivity index (χ0n) is 9.82. The van der Waals surface area contributed by atoms with Gasteiger partial charge in [0.05, 0.1) is 5.69 Å². The Morgan fingerprint density at radius 1 is 1.41 bits per heavy atom. The van der Waals surface area contributed by atoms with Gasteiger partial charge in [0.1, 0.15) is 4.88 Å². The number of aromatic nitrogens is 1. The van der Waals surface area contributed by atoms with E-state index in [0.717, 1.165) is 30.1 Å². The Morgan fingerprint density at radius 2 is 2.12 bits per heavy atom. The van der Waals surface area contributed by atoms with Crippen LogP contribution >= 0.6 is 11.3 Å². The van der Waals surface area contributed by atoms with Gasteiger partial charge in [-0.1, -0.05) is 43.4 Å². The van der Waals surface area contributed by atoms with Gasteiger partial charge in [0.2, 0.25) is 0 Å². The fraction of sp³-hybridized carbons (Fsp3) is 0.667. The Hall–Kier alpha value is -1.10. The Labute approximate surface area is 105 Å². The van der Waals surface area contributed by atoms with E-state index in [-0.39, 0.29) is 0 Å². The summed E-state index contributed by atoms with van der Waals surface area (Å²) in [6, 6.07) is 0. The summed E-state index contributed by atoms with van der Waals surface area (Å²) in [5, 5.41) is 9.39. The first-order valence-corrected chi connectivity index (χ1v) is 6.97. The van der Waals surface area contributed by atoms with Crippen LogP contribution in [0.2, 0.25) is 0 Å². The number of carboxylic acids is 1. The number of aryl methyl sites for hydroxylation is 1. The van der Waals surface area contributed by atoms with Crippen molar-refractivity contribution in [3.05, 3.63) is 10.6 Å². The van der Waals surface area contributed by atoms with Crippen LogP contribution in [-0.4, -0.2) is 16.1 Å². The molecule has 0 spiro atoms. The highest BCUT2D eigenvalue weighted by atomic mass is 32.1. The molecule has 1 aliphatic rings. The summed E-state index contributed by atoms with van der Waals surface area (Å²) in [5.41, 5.74) is 6.24. The second-order valence-corrected chi connectivity index (χ2v) is 5.71. The molecule has 1 heterocycles. The summed E-state index contributed by atoms with van der Waals surface area (Å²) < 4.78 is 0. The smallest absolute Gasteiger partial charge is 0.347 e. The molecule has 0 amide bonds. The van der Waals surface area contributed by atoms with Gasteiger partial charge in [-0.25, -0.2) is 9.78 Å². The van der Waals surface area contributed by atoms with E-state index in [0.29, 0.717) is 15.7 Å². The molecule has 2 rings (SSSR count). The molecule has 4 nitrogen and oxygen atoms in total. The van der Waals surface area contributed by atoms with Crippen LogP contribution in [0, 0.1) is 5.92 Å². The minimum absolute atomic E-state index is 0.318. The van der Waals surface area contributed by atoms with Crippen molar-refractivity contribution in [1.82, 2.24) is 4.98 Å².